The Morgan fingerprint density at radius 1 is 1.38 bits per heavy atom. The quantitative estimate of drug-likeness (QED) is 0.825. The third-order valence-corrected chi connectivity index (χ3v) is 5.50. The molecule has 7 nitrogen and oxygen atoms in total. The predicted octanol–water partition coefficient (Wildman–Crippen LogP) is 1.12. The fourth-order valence-corrected chi connectivity index (χ4v) is 3.95. The van der Waals surface area contributed by atoms with Crippen molar-refractivity contribution in [2.45, 2.75) is 18.5 Å². The topological polar surface area (TPSA) is 85.2 Å². The number of amides is 1. The van der Waals surface area contributed by atoms with Crippen molar-refractivity contribution in [3.63, 3.8) is 0 Å². The number of aromatic nitrogens is 3. The Morgan fingerprint density at radius 3 is 2.67 bits per heavy atom. The minimum Gasteiger partial charge on any atom is -0.268 e. The minimum atomic E-state index is -3.94. The van der Waals surface area contributed by atoms with Crippen molar-refractivity contribution in [3.8, 4) is 0 Å². The van der Waals surface area contributed by atoms with Crippen LogP contribution >= 0.6 is 11.6 Å². The number of sulfonamides is 1. The van der Waals surface area contributed by atoms with Gasteiger partial charge in [0.05, 0.1) is 17.8 Å². The lowest BCUT2D eigenvalue weighted by Crippen LogP contribution is -2.29. The summed E-state index contributed by atoms with van der Waals surface area (Å²) in [4.78, 5) is 16.1. The van der Waals surface area contributed by atoms with Gasteiger partial charge in [0.2, 0.25) is 0 Å². The van der Waals surface area contributed by atoms with Crippen molar-refractivity contribution in [2.24, 2.45) is 7.05 Å². The van der Waals surface area contributed by atoms with Gasteiger partial charge in [-0.1, -0.05) is 11.6 Å². The van der Waals surface area contributed by atoms with Crippen molar-refractivity contribution in [1.82, 2.24) is 19.1 Å². The van der Waals surface area contributed by atoms with E-state index in [1.54, 1.807) is 14.0 Å². The van der Waals surface area contributed by atoms with Gasteiger partial charge in [-0.15, -0.1) is 0 Å². The van der Waals surface area contributed by atoms with Crippen LogP contribution in [-0.4, -0.2) is 33.4 Å². The van der Waals surface area contributed by atoms with Crippen LogP contribution in [0.1, 0.15) is 21.6 Å². The van der Waals surface area contributed by atoms with Crippen molar-refractivity contribution in [1.29, 1.82) is 0 Å². The number of hydrogen-bond acceptors (Lipinski definition) is 5. The Balaban J connectivity index is 2.08. The first-order valence-corrected chi connectivity index (χ1v) is 7.86. The van der Waals surface area contributed by atoms with Gasteiger partial charge in [-0.3, -0.25) is 9.48 Å². The number of hydrogen-bond donors (Lipinski definition) is 0. The molecule has 3 heterocycles. The summed E-state index contributed by atoms with van der Waals surface area (Å²) >= 11 is 6.10. The molecule has 2 aromatic rings. The lowest BCUT2D eigenvalue weighted by atomic mass is 10.2. The van der Waals surface area contributed by atoms with Crippen LogP contribution in [-0.2, 0) is 23.6 Å². The lowest BCUT2D eigenvalue weighted by molar-refractivity contribution is 0.0864. The van der Waals surface area contributed by atoms with E-state index in [0.717, 1.165) is 4.31 Å². The molecule has 0 bridgehead atoms. The first-order valence-electron chi connectivity index (χ1n) is 6.04. The van der Waals surface area contributed by atoms with Crippen LogP contribution < -0.4 is 0 Å². The van der Waals surface area contributed by atoms with Crippen LogP contribution in [0.25, 0.3) is 0 Å². The monoisotopic (exact) mass is 326 g/mol. The molecule has 1 amide bonds. The number of halogens is 1. The number of carbonyl (C=O) groups excluding carboxylic acids is 1. The van der Waals surface area contributed by atoms with Crippen molar-refractivity contribution in [3.05, 3.63) is 40.3 Å². The average molecular weight is 327 g/mol. The van der Waals surface area contributed by atoms with E-state index in [4.69, 9.17) is 11.6 Å². The Kier molecular flexibility index (Phi) is 3.03. The highest BCUT2D eigenvalue weighted by atomic mass is 35.5. The SMILES string of the molecule is Cc1nn(C)c(Cl)c1CN1C(=O)c2cccnc2S1(=O)=O. The van der Waals surface area contributed by atoms with Gasteiger partial charge in [0.25, 0.3) is 15.9 Å². The van der Waals surface area contributed by atoms with Gasteiger partial charge < -0.3 is 0 Å². The highest BCUT2D eigenvalue weighted by molar-refractivity contribution is 7.90. The van der Waals surface area contributed by atoms with Gasteiger partial charge in [0, 0.05) is 18.8 Å². The molecule has 0 saturated carbocycles. The third kappa shape index (κ3) is 1.94. The van der Waals surface area contributed by atoms with Crippen LogP contribution in [0.15, 0.2) is 23.4 Å². The summed E-state index contributed by atoms with van der Waals surface area (Å²) in [5.41, 5.74) is 1.16. The van der Waals surface area contributed by atoms with Gasteiger partial charge in [-0.05, 0) is 19.1 Å². The smallest absolute Gasteiger partial charge is 0.268 e. The summed E-state index contributed by atoms with van der Waals surface area (Å²) in [5, 5.41) is 4.20. The van der Waals surface area contributed by atoms with Crippen LogP contribution in [0.3, 0.4) is 0 Å². The van der Waals surface area contributed by atoms with E-state index in [2.05, 4.69) is 10.1 Å². The molecular formula is C12H11ClN4O3S. The zero-order valence-electron chi connectivity index (χ0n) is 11.2. The molecular weight excluding hydrogens is 316 g/mol. The van der Waals surface area contributed by atoms with Gasteiger partial charge >= 0.3 is 0 Å². The van der Waals surface area contributed by atoms with Gasteiger partial charge in [0.15, 0.2) is 5.03 Å². The maximum atomic E-state index is 12.4. The van der Waals surface area contributed by atoms with Crippen LogP contribution in [0.2, 0.25) is 5.15 Å². The summed E-state index contributed by atoms with van der Waals surface area (Å²) in [7, 11) is -2.29. The molecule has 2 aromatic heterocycles. The molecule has 3 rings (SSSR count). The summed E-state index contributed by atoms with van der Waals surface area (Å²) in [6, 6.07) is 2.97. The Hall–Kier alpha value is -1.93. The van der Waals surface area contributed by atoms with E-state index in [-0.39, 0.29) is 17.1 Å². The number of pyridine rings is 1. The molecule has 110 valence electrons. The Morgan fingerprint density at radius 2 is 2.10 bits per heavy atom. The molecule has 0 radical (unpaired) electrons. The zero-order valence-corrected chi connectivity index (χ0v) is 12.8. The molecule has 21 heavy (non-hydrogen) atoms. The molecule has 0 N–H and O–H groups in total. The number of rotatable bonds is 2. The summed E-state index contributed by atoms with van der Waals surface area (Å²) in [6.07, 6.45) is 1.34. The van der Waals surface area contributed by atoms with E-state index in [0.29, 0.717) is 16.4 Å². The zero-order chi connectivity index (χ0) is 15.4. The highest BCUT2D eigenvalue weighted by Crippen LogP contribution is 2.31. The van der Waals surface area contributed by atoms with E-state index in [9.17, 15) is 13.2 Å². The fraction of sp³-hybridized carbons (Fsp3) is 0.250. The van der Waals surface area contributed by atoms with Gasteiger partial charge in [0.1, 0.15) is 5.15 Å². The lowest BCUT2D eigenvalue weighted by Gasteiger charge is -2.14. The van der Waals surface area contributed by atoms with Crippen molar-refractivity contribution >= 4 is 27.5 Å². The maximum Gasteiger partial charge on any atom is 0.285 e. The number of fused-ring (bicyclic) bond motifs is 1. The van der Waals surface area contributed by atoms with Crippen molar-refractivity contribution in [2.75, 3.05) is 0 Å². The van der Waals surface area contributed by atoms with Crippen LogP contribution in [0, 0.1) is 6.92 Å². The fourth-order valence-electron chi connectivity index (χ4n) is 2.26. The molecule has 1 aliphatic heterocycles. The summed E-state index contributed by atoms with van der Waals surface area (Å²) < 4.78 is 27.0. The molecule has 0 aromatic carbocycles. The number of aryl methyl sites for hydroxylation is 2. The maximum absolute atomic E-state index is 12.4. The predicted molar refractivity (Wildman–Crippen MR) is 74.3 cm³/mol. The molecule has 0 fully saturated rings. The average Bonchev–Trinajstić information content (AvgIpc) is 2.79. The first kappa shape index (κ1) is 14.0. The highest BCUT2D eigenvalue weighted by Gasteiger charge is 2.43. The second kappa shape index (κ2) is 4.54. The molecule has 0 unspecified atom stereocenters. The third-order valence-electron chi connectivity index (χ3n) is 3.33. The van der Waals surface area contributed by atoms with Crippen LogP contribution in [0.5, 0.6) is 0 Å². The molecule has 1 aliphatic rings. The Bertz CT molecular complexity index is 859. The van der Waals surface area contributed by atoms with E-state index >= 15 is 0 Å². The molecule has 0 saturated heterocycles. The Labute approximate surface area is 126 Å². The number of nitrogens with zero attached hydrogens (tertiary/aromatic N) is 4. The van der Waals surface area contributed by atoms with Gasteiger partial charge in [-0.25, -0.2) is 9.29 Å². The van der Waals surface area contributed by atoms with E-state index in [1.807, 2.05) is 0 Å². The standard InChI is InChI=1S/C12H11ClN4O3S/c1-7-9(10(13)16(2)15-7)6-17-12(18)8-4-3-5-14-11(8)21(17,19)20/h3-5H,6H2,1-2H3. The van der Waals surface area contributed by atoms with Crippen molar-refractivity contribution < 1.29 is 13.2 Å². The van der Waals surface area contributed by atoms with E-state index in [1.165, 1.54) is 23.0 Å². The summed E-state index contributed by atoms with van der Waals surface area (Å²) in [5.74, 6) is -0.600. The van der Waals surface area contributed by atoms with Gasteiger partial charge in [-0.2, -0.15) is 13.5 Å². The first-order chi connectivity index (χ1) is 9.84. The molecule has 0 atom stereocenters. The minimum absolute atomic E-state index is 0.0789. The molecule has 0 spiro atoms. The number of carbonyl (C=O) groups is 1. The normalized spacial score (nSPS) is 16.3. The molecule has 0 aliphatic carbocycles. The summed E-state index contributed by atoms with van der Waals surface area (Å²) in [6.45, 7) is 1.55. The molecule has 9 heteroatoms. The second-order valence-corrected chi connectivity index (χ2v) is 6.79. The second-order valence-electron chi connectivity index (χ2n) is 4.65. The largest absolute Gasteiger partial charge is 0.285 e. The van der Waals surface area contributed by atoms with E-state index < -0.39 is 15.9 Å². The van der Waals surface area contributed by atoms with Crippen LogP contribution in [0.4, 0.5) is 0 Å².